The van der Waals surface area contributed by atoms with Gasteiger partial charge in [0.25, 0.3) is 0 Å². The molecule has 7 nitrogen and oxygen atoms in total. The molecule has 35 heavy (non-hydrogen) atoms. The van der Waals surface area contributed by atoms with Gasteiger partial charge >= 0.3 is 0 Å². The quantitative estimate of drug-likeness (QED) is 0.398. The van der Waals surface area contributed by atoms with Crippen LogP contribution in [0.25, 0.3) is 22.6 Å². The lowest BCUT2D eigenvalue weighted by molar-refractivity contribution is 0.140. The molecule has 0 amide bonds. The van der Waals surface area contributed by atoms with Crippen LogP contribution in [0, 0.1) is 0 Å². The molecule has 2 aromatic heterocycles. The summed E-state index contributed by atoms with van der Waals surface area (Å²) in [5, 5.41) is 3.45. The van der Waals surface area contributed by atoms with E-state index in [4.69, 9.17) is 26.1 Å². The fourth-order valence-corrected chi connectivity index (χ4v) is 4.54. The van der Waals surface area contributed by atoms with Crippen molar-refractivity contribution >= 4 is 22.8 Å². The lowest BCUT2D eigenvalue weighted by Gasteiger charge is -2.16. The Morgan fingerprint density at radius 1 is 1.14 bits per heavy atom. The van der Waals surface area contributed by atoms with Crippen LogP contribution in [0.5, 0.6) is 11.6 Å². The number of benzene rings is 2. The van der Waals surface area contributed by atoms with Gasteiger partial charge in [-0.2, -0.15) is 4.98 Å². The minimum atomic E-state index is -1.05. The average Bonchev–Trinajstić information content (AvgIpc) is 3.26. The van der Waals surface area contributed by atoms with Gasteiger partial charge in [-0.05, 0) is 43.5 Å². The van der Waals surface area contributed by atoms with Gasteiger partial charge in [0, 0.05) is 18.7 Å². The second kappa shape index (κ2) is 8.77. The number of rotatable bonds is 7. The van der Waals surface area contributed by atoms with Gasteiger partial charge in [-0.25, -0.2) is 14.4 Å². The van der Waals surface area contributed by atoms with Crippen molar-refractivity contribution in [1.29, 1.82) is 0 Å². The molecule has 2 atom stereocenters. The first kappa shape index (κ1) is 22.2. The molecular weight excluding hydrogens is 469 g/mol. The van der Waals surface area contributed by atoms with E-state index in [-0.39, 0.29) is 5.60 Å². The molecule has 0 unspecified atom stereocenters. The van der Waals surface area contributed by atoms with E-state index >= 15 is 0 Å². The van der Waals surface area contributed by atoms with Gasteiger partial charge in [0.05, 0.1) is 11.6 Å². The first-order valence-electron chi connectivity index (χ1n) is 11.7. The molecule has 0 bridgehead atoms. The summed E-state index contributed by atoms with van der Waals surface area (Å²) in [5.41, 5.74) is 2.89. The van der Waals surface area contributed by atoms with E-state index in [1.165, 1.54) is 6.33 Å². The molecule has 1 aliphatic heterocycles. The highest BCUT2D eigenvalue weighted by Gasteiger charge is 2.41. The van der Waals surface area contributed by atoms with Gasteiger partial charge in [0.15, 0.2) is 17.3 Å². The summed E-state index contributed by atoms with van der Waals surface area (Å²) in [4.78, 5) is 13.9. The van der Waals surface area contributed by atoms with Crippen LogP contribution >= 0.6 is 11.6 Å². The van der Waals surface area contributed by atoms with Crippen LogP contribution in [0.1, 0.15) is 25.3 Å². The smallest absolute Gasteiger partial charge is 0.245 e. The number of alkyl halides is 1. The van der Waals surface area contributed by atoms with Crippen molar-refractivity contribution in [3.05, 3.63) is 65.4 Å². The first-order chi connectivity index (χ1) is 17.0. The summed E-state index contributed by atoms with van der Waals surface area (Å²) in [7, 11) is 0. The topological polar surface area (TPSA) is 74.1 Å². The summed E-state index contributed by atoms with van der Waals surface area (Å²) in [6.07, 6.45) is 1.91. The predicted molar refractivity (Wildman–Crippen MR) is 132 cm³/mol. The normalized spacial score (nSPS) is 20.8. The fraction of sp³-hybridized carbons (Fsp3) is 0.346. The number of fused-ring (bicyclic) bond motifs is 1. The van der Waals surface area contributed by atoms with Crippen LogP contribution in [0.2, 0.25) is 5.02 Å². The number of halogens is 2. The SMILES string of the molecule is CC1(Oc2ncnc3c2nc(-c2ccc(O[C@H]4CNC[C@H]4F)cc2Cl)n3Cc2ccccc2)CC1. The third-order valence-corrected chi connectivity index (χ3v) is 6.85. The number of nitrogens with one attached hydrogen (secondary N) is 1. The lowest BCUT2D eigenvalue weighted by Crippen LogP contribution is -2.26. The monoisotopic (exact) mass is 493 g/mol. The van der Waals surface area contributed by atoms with Crippen LogP contribution in [-0.2, 0) is 6.54 Å². The van der Waals surface area contributed by atoms with Crippen LogP contribution in [0.3, 0.4) is 0 Å². The van der Waals surface area contributed by atoms with Crippen molar-refractivity contribution in [2.75, 3.05) is 13.1 Å². The molecule has 4 aromatic rings. The van der Waals surface area contributed by atoms with E-state index in [1.807, 2.05) is 28.8 Å². The summed E-state index contributed by atoms with van der Waals surface area (Å²) in [6.45, 7) is 3.38. The number of ether oxygens (including phenoxy) is 2. The minimum Gasteiger partial charge on any atom is -0.486 e. The minimum absolute atomic E-state index is 0.204. The van der Waals surface area contributed by atoms with Crippen molar-refractivity contribution in [2.24, 2.45) is 0 Å². The Morgan fingerprint density at radius 3 is 2.69 bits per heavy atom. The molecule has 180 valence electrons. The third kappa shape index (κ3) is 4.44. The van der Waals surface area contributed by atoms with Crippen LogP contribution in [0.15, 0.2) is 54.9 Å². The van der Waals surface area contributed by atoms with Gasteiger partial charge in [-0.3, -0.25) is 0 Å². The van der Waals surface area contributed by atoms with Crippen molar-refractivity contribution in [2.45, 2.75) is 44.2 Å². The maximum absolute atomic E-state index is 14.0. The Balaban J connectivity index is 1.42. The van der Waals surface area contributed by atoms with Crippen LogP contribution in [0.4, 0.5) is 4.39 Å². The van der Waals surface area contributed by atoms with E-state index in [9.17, 15) is 4.39 Å². The highest BCUT2D eigenvalue weighted by atomic mass is 35.5. The van der Waals surface area contributed by atoms with Crippen molar-refractivity contribution in [1.82, 2.24) is 24.8 Å². The fourth-order valence-electron chi connectivity index (χ4n) is 4.29. The van der Waals surface area contributed by atoms with Gasteiger partial charge in [0.1, 0.15) is 29.6 Å². The molecule has 0 radical (unpaired) electrons. The zero-order chi connectivity index (χ0) is 24.0. The van der Waals surface area contributed by atoms with E-state index < -0.39 is 12.3 Å². The summed E-state index contributed by atoms with van der Waals surface area (Å²) < 4.78 is 28.0. The number of nitrogens with zero attached hydrogens (tertiary/aromatic N) is 4. The Bertz CT molecular complexity index is 1380. The Morgan fingerprint density at radius 2 is 1.97 bits per heavy atom. The zero-order valence-electron chi connectivity index (χ0n) is 19.2. The lowest BCUT2D eigenvalue weighted by atomic mass is 10.2. The first-order valence-corrected chi connectivity index (χ1v) is 12.1. The standard InChI is InChI=1S/C26H25ClFN5O2/c1-26(9-10-26)35-25-22-24(30-15-31-25)33(14-16-5-3-2-4-6-16)23(32-22)18-8-7-17(11-19(18)27)34-21-13-29-12-20(21)28/h2-8,11,15,20-21,29H,9-10,12-14H2,1H3/t20-,21+/m1/s1. The van der Waals surface area contributed by atoms with Crippen molar-refractivity contribution < 1.29 is 13.9 Å². The Hall–Kier alpha value is -3.23. The molecule has 0 spiro atoms. The summed E-state index contributed by atoms with van der Waals surface area (Å²) in [6, 6.07) is 15.5. The zero-order valence-corrected chi connectivity index (χ0v) is 20.0. The number of aromatic nitrogens is 4. The molecule has 3 heterocycles. The molecule has 1 aliphatic carbocycles. The van der Waals surface area contributed by atoms with Gasteiger partial charge in [0.2, 0.25) is 5.88 Å². The van der Waals surface area contributed by atoms with Gasteiger partial charge < -0.3 is 19.4 Å². The van der Waals surface area contributed by atoms with E-state index in [0.29, 0.717) is 53.3 Å². The highest BCUT2D eigenvalue weighted by molar-refractivity contribution is 6.33. The second-order valence-electron chi connectivity index (χ2n) is 9.38. The maximum Gasteiger partial charge on any atom is 0.245 e. The summed E-state index contributed by atoms with van der Waals surface area (Å²) in [5.74, 6) is 1.64. The molecule has 6 rings (SSSR count). The predicted octanol–water partition coefficient (Wildman–Crippen LogP) is 4.82. The molecule has 1 saturated heterocycles. The molecule has 9 heteroatoms. The molecule has 2 fully saturated rings. The van der Waals surface area contributed by atoms with Crippen molar-refractivity contribution in [3.8, 4) is 23.0 Å². The van der Waals surface area contributed by atoms with E-state index in [2.05, 4.69) is 34.3 Å². The van der Waals surface area contributed by atoms with Crippen LogP contribution < -0.4 is 14.8 Å². The molecule has 1 saturated carbocycles. The molecule has 1 N–H and O–H groups in total. The molecule has 2 aliphatic rings. The Labute approximate surface area is 207 Å². The second-order valence-corrected chi connectivity index (χ2v) is 9.79. The largest absolute Gasteiger partial charge is 0.486 e. The molecule has 2 aromatic carbocycles. The average molecular weight is 494 g/mol. The van der Waals surface area contributed by atoms with Gasteiger partial charge in [-0.15, -0.1) is 0 Å². The van der Waals surface area contributed by atoms with Crippen molar-refractivity contribution in [3.63, 3.8) is 0 Å². The number of hydrogen-bond donors (Lipinski definition) is 1. The summed E-state index contributed by atoms with van der Waals surface area (Å²) >= 11 is 6.73. The number of imidazole rings is 1. The van der Waals surface area contributed by atoms with Crippen LogP contribution in [-0.4, -0.2) is 50.5 Å². The molecular formula is C26H25ClFN5O2. The maximum atomic E-state index is 14.0. The third-order valence-electron chi connectivity index (χ3n) is 6.54. The van der Waals surface area contributed by atoms with E-state index in [0.717, 1.165) is 24.0 Å². The highest BCUT2D eigenvalue weighted by Crippen LogP contribution is 2.41. The van der Waals surface area contributed by atoms with E-state index in [1.54, 1.807) is 12.1 Å². The van der Waals surface area contributed by atoms with Gasteiger partial charge in [-0.1, -0.05) is 41.9 Å². The number of hydrogen-bond acceptors (Lipinski definition) is 6. The Kier molecular flexibility index (Phi) is 5.57.